The number of nitrogens with one attached hydrogen (secondary N) is 1. The molecule has 0 spiro atoms. The van der Waals surface area contributed by atoms with E-state index in [1.54, 1.807) is 20.8 Å². The summed E-state index contributed by atoms with van der Waals surface area (Å²) in [4.78, 5) is 22.2. The normalized spacial score (nSPS) is 19.7. The number of esters is 1. The summed E-state index contributed by atoms with van der Waals surface area (Å²) >= 11 is 0. The second kappa shape index (κ2) is 5.00. The Kier molecular flexibility index (Phi) is 4.08. The summed E-state index contributed by atoms with van der Waals surface area (Å²) in [5.74, 6) is -0.374. The first-order chi connectivity index (χ1) is 7.75. The van der Waals surface area contributed by atoms with E-state index < -0.39 is 15.9 Å². The van der Waals surface area contributed by atoms with E-state index in [1.165, 1.54) is 0 Å². The lowest BCUT2D eigenvalue weighted by Crippen LogP contribution is -2.51. The van der Waals surface area contributed by atoms with Crippen LogP contribution in [-0.4, -0.2) is 36.1 Å². The van der Waals surface area contributed by atoms with E-state index >= 15 is 0 Å². The van der Waals surface area contributed by atoms with Gasteiger partial charge in [-0.3, -0.25) is 14.9 Å². The fraction of sp³-hybridized carbons (Fsp3) is 0.909. The predicted octanol–water partition coefficient (Wildman–Crippen LogP) is 0.975. The average molecular weight is 244 g/mol. The Hall–Kier alpha value is -1.17. The van der Waals surface area contributed by atoms with Gasteiger partial charge in [-0.15, -0.1) is 0 Å². The molecule has 0 aromatic rings. The third-order valence-electron chi connectivity index (χ3n) is 2.85. The minimum Gasteiger partial charge on any atom is -0.452 e. The van der Waals surface area contributed by atoms with Crippen molar-refractivity contribution in [3.63, 3.8) is 0 Å². The molecule has 0 radical (unpaired) electrons. The molecule has 1 saturated heterocycles. The monoisotopic (exact) mass is 244 g/mol. The molecule has 1 aliphatic heterocycles. The Bertz CT molecular complexity index is 303. The minimum atomic E-state index is -0.931. The van der Waals surface area contributed by atoms with Crippen molar-refractivity contribution in [1.29, 1.82) is 0 Å². The lowest BCUT2D eigenvalue weighted by molar-refractivity contribution is -0.501. The number of carbonyl (C=O) groups is 1. The highest BCUT2D eigenvalue weighted by molar-refractivity contribution is 5.75. The van der Waals surface area contributed by atoms with Gasteiger partial charge >= 0.3 is 5.97 Å². The van der Waals surface area contributed by atoms with Gasteiger partial charge in [-0.05, 0) is 33.9 Å². The molecule has 0 saturated carbocycles. The Morgan fingerprint density at radius 2 is 1.94 bits per heavy atom. The molecule has 0 bridgehead atoms. The van der Waals surface area contributed by atoms with Gasteiger partial charge in [-0.1, -0.05) is 0 Å². The Morgan fingerprint density at radius 1 is 1.41 bits per heavy atom. The van der Waals surface area contributed by atoms with E-state index in [9.17, 15) is 14.9 Å². The van der Waals surface area contributed by atoms with Gasteiger partial charge in [-0.25, -0.2) is 0 Å². The summed E-state index contributed by atoms with van der Waals surface area (Å²) in [5.41, 5.74) is -1.56. The maximum atomic E-state index is 11.9. The number of hydrogen-bond donors (Lipinski definition) is 1. The van der Waals surface area contributed by atoms with Crippen LogP contribution < -0.4 is 5.32 Å². The zero-order valence-corrected chi connectivity index (χ0v) is 10.6. The van der Waals surface area contributed by atoms with E-state index in [0.29, 0.717) is 25.9 Å². The molecule has 0 aliphatic carbocycles. The molecule has 17 heavy (non-hydrogen) atoms. The van der Waals surface area contributed by atoms with Crippen LogP contribution in [0.4, 0.5) is 0 Å². The highest BCUT2D eigenvalue weighted by Crippen LogP contribution is 2.27. The molecule has 1 fully saturated rings. The van der Waals surface area contributed by atoms with E-state index in [1.807, 2.05) is 0 Å². The average Bonchev–Trinajstić information content (AvgIpc) is 2.15. The lowest BCUT2D eigenvalue weighted by Gasteiger charge is -2.35. The molecule has 0 aromatic heterocycles. The summed E-state index contributed by atoms with van der Waals surface area (Å²) in [7, 11) is 0. The summed E-state index contributed by atoms with van der Waals surface area (Å²) in [6, 6.07) is 0. The Labute approximate surface area is 101 Å². The molecule has 1 N–H and O–H groups in total. The smallest absolute Gasteiger partial charge is 0.312 e. The number of carbonyl (C=O) groups excluding carboxylic acids is 1. The molecule has 0 unspecified atom stereocenters. The Morgan fingerprint density at radius 3 is 2.35 bits per heavy atom. The maximum absolute atomic E-state index is 11.9. The van der Waals surface area contributed by atoms with Gasteiger partial charge in [0, 0.05) is 17.8 Å². The molecule has 6 heteroatoms. The first-order valence-electron chi connectivity index (χ1n) is 5.81. The molecular formula is C11H20N2O4. The summed E-state index contributed by atoms with van der Waals surface area (Å²) in [5, 5.41) is 13.8. The van der Waals surface area contributed by atoms with Gasteiger partial charge in [0.1, 0.15) is 0 Å². The van der Waals surface area contributed by atoms with Crippen LogP contribution in [0, 0.1) is 15.5 Å². The summed E-state index contributed by atoms with van der Waals surface area (Å²) in [6.45, 7) is 6.22. The van der Waals surface area contributed by atoms with Crippen molar-refractivity contribution in [3.05, 3.63) is 10.1 Å². The molecule has 6 nitrogen and oxygen atoms in total. The van der Waals surface area contributed by atoms with Crippen LogP contribution in [0.3, 0.4) is 0 Å². The van der Waals surface area contributed by atoms with Gasteiger partial charge in [0.25, 0.3) is 0 Å². The van der Waals surface area contributed by atoms with Gasteiger partial charge < -0.3 is 10.1 Å². The van der Waals surface area contributed by atoms with Crippen molar-refractivity contribution in [2.45, 2.75) is 39.2 Å². The topological polar surface area (TPSA) is 81.5 Å². The van der Waals surface area contributed by atoms with Gasteiger partial charge in [0.05, 0.1) is 5.41 Å². The van der Waals surface area contributed by atoms with Crippen molar-refractivity contribution >= 4 is 5.97 Å². The molecule has 1 heterocycles. The van der Waals surface area contributed by atoms with Gasteiger partial charge in [0.15, 0.2) is 5.60 Å². The largest absolute Gasteiger partial charge is 0.452 e. The third kappa shape index (κ3) is 3.96. The van der Waals surface area contributed by atoms with Crippen LogP contribution in [0.1, 0.15) is 33.6 Å². The lowest BCUT2D eigenvalue weighted by atomic mass is 9.90. The number of hydrogen-bond acceptors (Lipinski definition) is 5. The summed E-state index contributed by atoms with van der Waals surface area (Å²) in [6.07, 6.45) is 0.992. The zero-order valence-electron chi connectivity index (χ0n) is 10.6. The molecule has 98 valence electrons. The maximum Gasteiger partial charge on any atom is 0.312 e. The number of nitrogens with zero attached hydrogens (tertiary/aromatic N) is 1. The van der Waals surface area contributed by atoms with E-state index in [0.717, 1.165) is 0 Å². The Balaban J connectivity index is 2.76. The highest BCUT2D eigenvalue weighted by atomic mass is 16.6. The summed E-state index contributed by atoms with van der Waals surface area (Å²) < 4.78 is 5.43. The first-order valence-corrected chi connectivity index (χ1v) is 5.81. The fourth-order valence-electron chi connectivity index (χ4n) is 1.76. The van der Waals surface area contributed by atoms with Crippen LogP contribution in [0.25, 0.3) is 0 Å². The van der Waals surface area contributed by atoms with Crippen molar-refractivity contribution in [3.8, 4) is 0 Å². The van der Waals surface area contributed by atoms with E-state index in [2.05, 4.69) is 5.32 Å². The van der Waals surface area contributed by atoms with Crippen molar-refractivity contribution in [2.24, 2.45) is 5.41 Å². The van der Waals surface area contributed by atoms with Crippen LogP contribution in [0.5, 0.6) is 0 Å². The van der Waals surface area contributed by atoms with Crippen molar-refractivity contribution < 1.29 is 14.5 Å². The number of ether oxygens (including phenoxy) is 1. The molecule has 0 atom stereocenters. The fourth-order valence-corrected chi connectivity index (χ4v) is 1.76. The molecule has 1 rings (SSSR count). The number of piperidine rings is 1. The third-order valence-corrected chi connectivity index (χ3v) is 2.85. The SMILES string of the molecule is CC(C)(C)C(=O)OC1(C[N+](=O)[O-])CCNCC1. The van der Waals surface area contributed by atoms with E-state index in [4.69, 9.17) is 4.74 Å². The van der Waals surface area contributed by atoms with Crippen LogP contribution in [-0.2, 0) is 9.53 Å². The van der Waals surface area contributed by atoms with Crippen molar-refractivity contribution in [2.75, 3.05) is 19.6 Å². The van der Waals surface area contributed by atoms with Crippen molar-refractivity contribution in [1.82, 2.24) is 5.32 Å². The zero-order chi connectivity index (χ0) is 13.1. The molecule has 0 amide bonds. The first kappa shape index (κ1) is 13.9. The van der Waals surface area contributed by atoms with Gasteiger partial charge in [-0.2, -0.15) is 0 Å². The number of nitro groups is 1. The minimum absolute atomic E-state index is 0.309. The molecule has 0 aromatic carbocycles. The standard InChI is InChI=1S/C11H20N2O4/c1-10(2,3)9(14)17-11(8-13(15)16)4-6-12-7-5-11/h12H,4-8H2,1-3H3. The second-order valence-electron chi connectivity index (χ2n) is 5.56. The number of rotatable bonds is 3. The van der Waals surface area contributed by atoms with Crippen LogP contribution in [0.2, 0.25) is 0 Å². The second-order valence-corrected chi connectivity index (χ2v) is 5.56. The van der Waals surface area contributed by atoms with Gasteiger partial charge in [0.2, 0.25) is 6.54 Å². The van der Waals surface area contributed by atoms with E-state index in [-0.39, 0.29) is 12.5 Å². The quantitative estimate of drug-likeness (QED) is 0.454. The highest BCUT2D eigenvalue weighted by Gasteiger charge is 2.43. The molecule has 1 aliphatic rings. The predicted molar refractivity (Wildman–Crippen MR) is 62.2 cm³/mol. The van der Waals surface area contributed by atoms with Crippen LogP contribution in [0.15, 0.2) is 0 Å². The molecular weight excluding hydrogens is 224 g/mol. The van der Waals surface area contributed by atoms with Crippen LogP contribution >= 0.6 is 0 Å².